The van der Waals surface area contributed by atoms with Crippen LogP contribution < -0.4 is 0 Å². The summed E-state index contributed by atoms with van der Waals surface area (Å²) in [5.74, 6) is 0.00281. The Balaban J connectivity index is 2.00. The van der Waals surface area contributed by atoms with Crippen LogP contribution in [0.2, 0.25) is 0 Å². The largest absolute Gasteiger partial charge is 0.345 e. The van der Waals surface area contributed by atoms with Gasteiger partial charge in [0, 0.05) is 37.3 Å². The summed E-state index contributed by atoms with van der Waals surface area (Å²) in [5.41, 5.74) is 7.67. The molecule has 3 rings (SSSR count). The molecule has 5 nitrogen and oxygen atoms in total. The Hall–Kier alpha value is -3.39. The number of aromatic nitrogens is 2. The Morgan fingerprint density at radius 3 is 2.55 bits per heavy atom. The maximum Gasteiger partial charge on any atom is 0.253 e. The predicted octanol–water partition coefficient (Wildman–Crippen LogP) is 4.22. The summed E-state index contributed by atoms with van der Waals surface area (Å²) >= 11 is 0. The molecule has 0 saturated heterocycles. The highest BCUT2D eigenvalue weighted by Crippen LogP contribution is 2.24. The van der Waals surface area contributed by atoms with Gasteiger partial charge in [-0.05, 0) is 61.7 Å². The smallest absolute Gasteiger partial charge is 0.253 e. The van der Waals surface area contributed by atoms with Crippen LogP contribution in [-0.2, 0) is 12.8 Å². The molecule has 29 heavy (non-hydrogen) atoms. The molecule has 1 amide bonds. The zero-order chi connectivity index (χ0) is 21.1. The highest BCUT2D eigenvalue weighted by Gasteiger charge is 2.16. The molecule has 0 aliphatic rings. The molecule has 0 radical (unpaired) electrons. The lowest BCUT2D eigenvalue weighted by Gasteiger charge is -2.11. The molecule has 5 heteroatoms. The fraction of sp³-hybridized carbons (Fsp3) is 0.292. The lowest BCUT2D eigenvalue weighted by Crippen LogP contribution is -2.21. The van der Waals surface area contributed by atoms with E-state index in [1.807, 2.05) is 48.0 Å². The minimum Gasteiger partial charge on any atom is -0.345 e. The number of aryl methyl sites for hydroxylation is 2. The first-order chi connectivity index (χ1) is 13.8. The predicted molar refractivity (Wildman–Crippen MR) is 114 cm³/mol. The second-order valence-corrected chi connectivity index (χ2v) is 7.46. The Bertz CT molecular complexity index is 1100. The van der Waals surface area contributed by atoms with Crippen molar-refractivity contribution in [2.75, 3.05) is 14.1 Å². The van der Waals surface area contributed by atoms with Crippen LogP contribution in [0.4, 0.5) is 0 Å². The topological polar surface area (TPSA) is 61.9 Å². The van der Waals surface area contributed by atoms with Gasteiger partial charge in [-0.3, -0.25) is 4.79 Å². The first kappa shape index (κ1) is 20.3. The lowest BCUT2D eigenvalue weighted by atomic mass is 10.00. The quantitative estimate of drug-likeness (QED) is 0.660. The average Bonchev–Trinajstić information content (AvgIpc) is 3.03. The van der Waals surface area contributed by atoms with E-state index >= 15 is 0 Å². The Morgan fingerprint density at radius 2 is 1.93 bits per heavy atom. The number of carbonyl (C=O) groups is 1. The van der Waals surface area contributed by atoms with Crippen molar-refractivity contribution in [1.29, 1.82) is 5.26 Å². The zero-order valence-corrected chi connectivity index (χ0v) is 17.7. The Labute approximate surface area is 172 Å². The molecule has 0 atom stereocenters. The molecule has 0 aliphatic heterocycles. The molecule has 0 aliphatic carbocycles. The minimum atomic E-state index is 0.00281. The van der Waals surface area contributed by atoms with Gasteiger partial charge in [0.1, 0.15) is 0 Å². The molecule has 148 valence electrons. The van der Waals surface area contributed by atoms with E-state index in [1.165, 1.54) is 5.56 Å². The van der Waals surface area contributed by atoms with Crippen LogP contribution in [0.15, 0.2) is 42.5 Å². The summed E-state index contributed by atoms with van der Waals surface area (Å²) in [4.78, 5) is 13.9. The molecule has 0 unspecified atom stereocenters. The molecule has 1 heterocycles. The molecular weight excluding hydrogens is 360 g/mol. The van der Waals surface area contributed by atoms with Gasteiger partial charge < -0.3 is 4.90 Å². The van der Waals surface area contributed by atoms with Crippen LogP contribution in [0.3, 0.4) is 0 Å². The van der Waals surface area contributed by atoms with Gasteiger partial charge in [0.2, 0.25) is 0 Å². The van der Waals surface area contributed by atoms with E-state index in [0.29, 0.717) is 11.1 Å². The van der Waals surface area contributed by atoms with Gasteiger partial charge in [0.05, 0.1) is 23.0 Å². The standard InChI is InChI=1S/C24H26N4O/c1-6-23-22(14-18-8-7-9-19(13-18)24(29)27(4)5)17(3)28(26-23)21-11-10-20(15-25)16(2)12-21/h7-13H,6,14H2,1-5H3. The normalized spacial score (nSPS) is 10.6. The minimum absolute atomic E-state index is 0.00281. The van der Waals surface area contributed by atoms with Crippen molar-refractivity contribution in [3.05, 3.63) is 81.7 Å². The van der Waals surface area contributed by atoms with Gasteiger partial charge in [-0.1, -0.05) is 19.1 Å². The molecule has 0 N–H and O–H groups in total. The third kappa shape index (κ3) is 4.07. The summed E-state index contributed by atoms with van der Waals surface area (Å²) < 4.78 is 1.96. The summed E-state index contributed by atoms with van der Waals surface area (Å²) in [6.45, 7) is 6.12. The molecule has 1 aromatic heterocycles. The Kier molecular flexibility index (Phi) is 5.84. The van der Waals surface area contributed by atoms with E-state index in [1.54, 1.807) is 19.0 Å². The van der Waals surface area contributed by atoms with Gasteiger partial charge >= 0.3 is 0 Å². The number of carbonyl (C=O) groups excluding carboxylic acids is 1. The second kappa shape index (κ2) is 8.32. The van der Waals surface area contributed by atoms with E-state index in [-0.39, 0.29) is 5.91 Å². The number of hydrogen-bond donors (Lipinski definition) is 0. The van der Waals surface area contributed by atoms with Crippen molar-refractivity contribution in [3.63, 3.8) is 0 Å². The number of rotatable bonds is 5. The van der Waals surface area contributed by atoms with E-state index < -0.39 is 0 Å². The third-order valence-electron chi connectivity index (χ3n) is 5.19. The summed E-state index contributed by atoms with van der Waals surface area (Å²) in [6, 6.07) is 15.8. The van der Waals surface area contributed by atoms with Gasteiger partial charge in [-0.2, -0.15) is 10.4 Å². The van der Waals surface area contributed by atoms with E-state index in [4.69, 9.17) is 5.10 Å². The molecule has 0 fully saturated rings. The van der Waals surface area contributed by atoms with Crippen LogP contribution >= 0.6 is 0 Å². The highest BCUT2D eigenvalue weighted by molar-refractivity contribution is 5.94. The number of nitrogens with zero attached hydrogens (tertiary/aromatic N) is 4. The number of nitriles is 1. The molecule has 3 aromatic rings. The molecule has 0 bridgehead atoms. The van der Waals surface area contributed by atoms with E-state index in [0.717, 1.165) is 41.0 Å². The van der Waals surface area contributed by atoms with Gasteiger partial charge in [0.25, 0.3) is 5.91 Å². The van der Waals surface area contributed by atoms with Crippen LogP contribution in [-0.4, -0.2) is 34.7 Å². The summed E-state index contributed by atoms with van der Waals surface area (Å²) in [5, 5.41) is 14.0. The molecule has 0 spiro atoms. The fourth-order valence-electron chi connectivity index (χ4n) is 3.54. The van der Waals surface area contributed by atoms with Crippen LogP contribution in [0.1, 0.15) is 50.9 Å². The fourth-order valence-corrected chi connectivity index (χ4v) is 3.54. The number of benzene rings is 2. The SMILES string of the molecule is CCc1nn(-c2ccc(C#N)c(C)c2)c(C)c1Cc1cccc(C(=O)N(C)C)c1. The van der Waals surface area contributed by atoms with Gasteiger partial charge in [-0.25, -0.2) is 4.68 Å². The lowest BCUT2D eigenvalue weighted by molar-refractivity contribution is 0.0827. The first-order valence-corrected chi connectivity index (χ1v) is 9.74. The van der Waals surface area contributed by atoms with Crippen molar-refractivity contribution in [3.8, 4) is 11.8 Å². The second-order valence-electron chi connectivity index (χ2n) is 7.46. The average molecular weight is 386 g/mol. The number of hydrogen-bond acceptors (Lipinski definition) is 3. The Morgan fingerprint density at radius 1 is 1.17 bits per heavy atom. The molecular formula is C24H26N4O. The van der Waals surface area contributed by atoms with E-state index in [2.05, 4.69) is 26.0 Å². The van der Waals surface area contributed by atoms with E-state index in [9.17, 15) is 10.1 Å². The van der Waals surface area contributed by atoms with Gasteiger partial charge in [0.15, 0.2) is 0 Å². The van der Waals surface area contributed by atoms with Crippen LogP contribution in [0, 0.1) is 25.2 Å². The summed E-state index contributed by atoms with van der Waals surface area (Å²) in [6.07, 6.45) is 1.55. The van der Waals surface area contributed by atoms with Crippen LogP contribution in [0.5, 0.6) is 0 Å². The highest BCUT2D eigenvalue weighted by atomic mass is 16.2. The first-order valence-electron chi connectivity index (χ1n) is 9.74. The van der Waals surface area contributed by atoms with Crippen molar-refractivity contribution in [2.24, 2.45) is 0 Å². The number of amides is 1. The van der Waals surface area contributed by atoms with Crippen molar-refractivity contribution in [2.45, 2.75) is 33.6 Å². The third-order valence-corrected chi connectivity index (χ3v) is 5.19. The molecule has 2 aromatic carbocycles. The van der Waals surface area contributed by atoms with Crippen molar-refractivity contribution in [1.82, 2.24) is 14.7 Å². The molecule has 0 saturated carbocycles. The van der Waals surface area contributed by atoms with Crippen LogP contribution in [0.25, 0.3) is 5.69 Å². The zero-order valence-electron chi connectivity index (χ0n) is 17.7. The van der Waals surface area contributed by atoms with Crippen molar-refractivity contribution < 1.29 is 4.79 Å². The van der Waals surface area contributed by atoms with Gasteiger partial charge in [-0.15, -0.1) is 0 Å². The van der Waals surface area contributed by atoms with Crippen molar-refractivity contribution >= 4 is 5.91 Å². The monoisotopic (exact) mass is 386 g/mol. The maximum absolute atomic E-state index is 12.3. The maximum atomic E-state index is 12.3. The summed E-state index contributed by atoms with van der Waals surface area (Å²) in [7, 11) is 3.52.